The van der Waals surface area contributed by atoms with Crippen LogP contribution in [0.15, 0.2) is 0 Å². The number of hydrogen-bond acceptors (Lipinski definition) is 4. The normalized spacial score (nSPS) is 42.3. The molecule has 0 aromatic heterocycles. The second-order valence-electron chi connectivity index (χ2n) is 3.65. The molecule has 74 valence electrons. The Labute approximate surface area is 77.4 Å². The highest BCUT2D eigenvalue weighted by Gasteiger charge is 2.51. The van der Waals surface area contributed by atoms with E-state index in [2.05, 4.69) is 0 Å². The quantitative estimate of drug-likeness (QED) is 0.618. The van der Waals surface area contributed by atoms with E-state index in [0.29, 0.717) is 6.61 Å². The smallest absolute Gasteiger partial charge is 0.313 e. The maximum atomic E-state index is 11.5. The van der Waals surface area contributed by atoms with Crippen LogP contribution in [0.25, 0.3) is 0 Å². The predicted molar refractivity (Wildman–Crippen MR) is 46.0 cm³/mol. The molecule has 2 N–H and O–H groups in total. The van der Waals surface area contributed by atoms with Crippen LogP contribution < -0.4 is 5.73 Å². The first-order valence-electron chi connectivity index (χ1n) is 4.81. The lowest BCUT2D eigenvalue weighted by atomic mass is 9.85. The summed E-state index contributed by atoms with van der Waals surface area (Å²) in [5, 5.41) is 0. The zero-order chi connectivity index (χ0) is 9.42. The lowest BCUT2D eigenvalue weighted by molar-refractivity contribution is -0.150. The maximum absolute atomic E-state index is 11.5. The molecular formula is C9H15NO3. The van der Waals surface area contributed by atoms with Crippen molar-refractivity contribution >= 4 is 5.97 Å². The number of nitrogens with two attached hydrogens (primary N) is 1. The predicted octanol–water partition coefficient (Wildman–Crippen LogP) is 0.0542. The molecular weight excluding hydrogens is 170 g/mol. The highest BCUT2D eigenvalue weighted by atomic mass is 16.5. The number of ether oxygens (including phenoxy) is 2. The van der Waals surface area contributed by atoms with E-state index < -0.39 is 0 Å². The molecule has 0 aliphatic carbocycles. The summed E-state index contributed by atoms with van der Waals surface area (Å²) in [6.07, 6.45) is 2.03. The van der Waals surface area contributed by atoms with Gasteiger partial charge in [-0.2, -0.15) is 0 Å². The monoisotopic (exact) mass is 185 g/mol. The Morgan fingerprint density at radius 3 is 2.77 bits per heavy atom. The zero-order valence-corrected chi connectivity index (χ0v) is 7.73. The van der Waals surface area contributed by atoms with Gasteiger partial charge in [0.1, 0.15) is 5.92 Å². The van der Waals surface area contributed by atoms with Crippen molar-refractivity contribution in [2.24, 2.45) is 11.7 Å². The molecule has 13 heavy (non-hydrogen) atoms. The molecule has 0 aromatic rings. The van der Waals surface area contributed by atoms with Gasteiger partial charge in [0, 0.05) is 6.04 Å². The van der Waals surface area contributed by atoms with Gasteiger partial charge < -0.3 is 15.2 Å². The van der Waals surface area contributed by atoms with Gasteiger partial charge in [0.05, 0.1) is 18.8 Å². The van der Waals surface area contributed by atoms with Crippen molar-refractivity contribution in [1.82, 2.24) is 0 Å². The van der Waals surface area contributed by atoms with Crippen molar-refractivity contribution in [3.05, 3.63) is 0 Å². The van der Waals surface area contributed by atoms with Crippen LogP contribution >= 0.6 is 0 Å². The van der Waals surface area contributed by atoms with Gasteiger partial charge in [-0.15, -0.1) is 0 Å². The average molecular weight is 185 g/mol. The maximum Gasteiger partial charge on any atom is 0.313 e. The summed E-state index contributed by atoms with van der Waals surface area (Å²) < 4.78 is 10.5. The van der Waals surface area contributed by atoms with Gasteiger partial charge in [0.25, 0.3) is 0 Å². The first-order valence-corrected chi connectivity index (χ1v) is 4.81. The van der Waals surface area contributed by atoms with Crippen molar-refractivity contribution in [2.45, 2.75) is 38.0 Å². The van der Waals surface area contributed by atoms with E-state index in [1.165, 1.54) is 0 Å². The molecule has 0 unspecified atom stereocenters. The van der Waals surface area contributed by atoms with E-state index in [-0.39, 0.29) is 30.1 Å². The van der Waals surface area contributed by atoms with Crippen molar-refractivity contribution < 1.29 is 14.3 Å². The number of hydrogen-bond donors (Lipinski definition) is 1. The first kappa shape index (κ1) is 8.97. The van der Waals surface area contributed by atoms with E-state index in [9.17, 15) is 4.79 Å². The van der Waals surface area contributed by atoms with Crippen LogP contribution in [0.5, 0.6) is 0 Å². The molecule has 2 aliphatic rings. The van der Waals surface area contributed by atoms with E-state index in [1.807, 2.05) is 0 Å². The topological polar surface area (TPSA) is 61.5 Å². The summed E-state index contributed by atoms with van der Waals surface area (Å²) in [4.78, 5) is 11.5. The number of esters is 1. The minimum absolute atomic E-state index is 0.0130. The van der Waals surface area contributed by atoms with Crippen LogP contribution in [0.1, 0.15) is 19.8 Å². The Kier molecular flexibility index (Phi) is 2.26. The number of fused-ring (bicyclic) bond motifs is 2. The Morgan fingerprint density at radius 1 is 1.54 bits per heavy atom. The molecule has 0 radical (unpaired) electrons. The first-order chi connectivity index (χ1) is 6.24. The van der Waals surface area contributed by atoms with Gasteiger partial charge in [-0.25, -0.2) is 0 Å². The van der Waals surface area contributed by atoms with E-state index in [1.54, 1.807) is 6.92 Å². The molecule has 4 atom stereocenters. The summed E-state index contributed by atoms with van der Waals surface area (Å²) in [7, 11) is 0. The standard InChI is InChI=1S/C9H15NO3/c1-2-12-9(11)7-5-3-4-6(13-5)8(7)10/h5-8H,2-4,10H2,1H3/t5-,6+,7-,8+/m1/s1. The highest BCUT2D eigenvalue weighted by molar-refractivity contribution is 5.74. The van der Waals surface area contributed by atoms with E-state index in [4.69, 9.17) is 15.2 Å². The van der Waals surface area contributed by atoms with Crippen LogP contribution in [0.3, 0.4) is 0 Å². The largest absolute Gasteiger partial charge is 0.466 e. The van der Waals surface area contributed by atoms with E-state index >= 15 is 0 Å². The summed E-state index contributed by atoms with van der Waals surface area (Å²) in [5.74, 6) is -0.416. The lowest BCUT2D eigenvalue weighted by Crippen LogP contribution is -2.44. The van der Waals surface area contributed by atoms with Gasteiger partial charge in [0.2, 0.25) is 0 Å². The molecule has 0 saturated carbocycles. The number of rotatable bonds is 2. The highest BCUT2D eigenvalue weighted by Crippen LogP contribution is 2.38. The molecule has 2 rings (SSSR count). The minimum atomic E-state index is -0.223. The number of carbonyl (C=O) groups is 1. The third-order valence-corrected chi connectivity index (χ3v) is 2.89. The molecule has 2 bridgehead atoms. The Balaban J connectivity index is 2.03. The average Bonchev–Trinajstić information content (AvgIpc) is 2.63. The molecule has 2 saturated heterocycles. The third kappa shape index (κ3) is 1.34. The van der Waals surface area contributed by atoms with Gasteiger partial charge in [-0.3, -0.25) is 4.79 Å². The molecule has 4 heteroatoms. The van der Waals surface area contributed by atoms with Gasteiger partial charge in [-0.1, -0.05) is 0 Å². The summed E-state index contributed by atoms with van der Waals surface area (Å²) >= 11 is 0. The van der Waals surface area contributed by atoms with Crippen LogP contribution in [0, 0.1) is 5.92 Å². The SMILES string of the molecule is CCOC(=O)[C@H]1[C@@H](N)[C@@H]2CC[C@H]1O2. The van der Waals surface area contributed by atoms with Crippen LogP contribution in [0.2, 0.25) is 0 Å². The Morgan fingerprint density at radius 2 is 2.23 bits per heavy atom. The van der Waals surface area contributed by atoms with Crippen molar-refractivity contribution in [2.75, 3.05) is 6.61 Å². The second-order valence-corrected chi connectivity index (χ2v) is 3.65. The molecule has 2 fully saturated rings. The molecule has 2 heterocycles. The Bertz CT molecular complexity index is 217. The fourth-order valence-corrected chi connectivity index (χ4v) is 2.26. The fraction of sp³-hybridized carbons (Fsp3) is 0.889. The van der Waals surface area contributed by atoms with Gasteiger partial charge >= 0.3 is 5.97 Å². The van der Waals surface area contributed by atoms with Crippen molar-refractivity contribution in [3.8, 4) is 0 Å². The third-order valence-electron chi connectivity index (χ3n) is 2.89. The summed E-state index contributed by atoms with van der Waals surface area (Å²) in [6, 6.07) is -0.155. The molecule has 0 spiro atoms. The molecule has 0 aromatic carbocycles. The van der Waals surface area contributed by atoms with E-state index in [0.717, 1.165) is 12.8 Å². The summed E-state index contributed by atoms with van der Waals surface area (Å²) in [6.45, 7) is 2.22. The molecule has 2 aliphatic heterocycles. The Hall–Kier alpha value is -0.610. The molecule has 4 nitrogen and oxygen atoms in total. The number of carbonyl (C=O) groups excluding carboxylic acids is 1. The van der Waals surface area contributed by atoms with Crippen LogP contribution in [-0.2, 0) is 14.3 Å². The van der Waals surface area contributed by atoms with Gasteiger partial charge in [0.15, 0.2) is 0 Å². The second kappa shape index (κ2) is 3.27. The zero-order valence-electron chi connectivity index (χ0n) is 7.73. The fourth-order valence-electron chi connectivity index (χ4n) is 2.26. The van der Waals surface area contributed by atoms with Crippen LogP contribution in [0.4, 0.5) is 0 Å². The van der Waals surface area contributed by atoms with Gasteiger partial charge in [-0.05, 0) is 19.8 Å². The van der Waals surface area contributed by atoms with Crippen LogP contribution in [-0.4, -0.2) is 30.8 Å². The summed E-state index contributed by atoms with van der Waals surface area (Å²) in [5.41, 5.74) is 5.87. The minimum Gasteiger partial charge on any atom is -0.466 e. The lowest BCUT2D eigenvalue weighted by Gasteiger charge is -2.22. The van der Waals surface area contributed by atoms with Crippen molar-refractivity contribution in [3.63, 3.8) is 0 Å². The van der Waals surface area contributed by atoms with Crippen molar-refractivity contribution in [1.29, 1.82) is 0 Å². The molecule has 0 amide bonds.